The summed E-state index contributed by atoms with van der Waals surface area (Å²) in [5.41, 5.74) is 1.70. The molecule has 5 heteroatoms. The van der Waals surface area contributed by atoms with Gasteiger partial charge in [-0.05, 0) is 75.0 Å². The summed E-state index contributed by atoms with van der Waals surface area (Å²) in [7, 11) is 0. The Balaban J connectivity index is 1.59. The predicted octanol–water partition coefficient (Wildman–Crippen LogP) is 5.52. The molecule has 3 aliphatic carbocycles. The van der Waals surface area contributed by atoms with Crippen molar-refractivity contribution in [3.63, 3.8) is 0 Å². The van der Waals surface area contributed by atoms with Gasteiger partial charge in [-0.2, -0.15) is 0 Å². The molecule has 0 spiro atoms. The van der Waals surface area contributed by atoms with Gasteiger partial charge >= 0.3 is 5.97 Å². The van der Waals surface area contributed by atoms with Crippen LogP contribution in [0.5, 0.6) is 0 Å². The van der Waals surface area contributed by atoms with Gasteiger partial charge in [-0.25, -0.2) is 4.98 Å². The number of hydrogen-bond acceptors (Lipinski definition) is 4. The molecule has 5 nitrogen and oxygen atoms in total. The lowest BCUT2D eigenvalue weighted by atomic mass is 9.55. The Morgan fingerprint density at radius 2 is 1.97 bits per heavy atom. The first-order valence-corrected chi connectivity index (χ1v) is 12.1. The van der Waals surface area contributed by atoms with Crippen LogP contribution in [-0.2, 0) is 14.3 Å². The minimum absolute atomic E-state index is 0.0383. The number of Topliss-reactive ketones (excluding diaryl/α,β-unsaturated/α-hetero) is 1. The Bertz CT molecular complexity index is 830. The summed E-state index contributed by atoms with van der Waals surface area (Å²) in [5.74, 6) is 1.85. The lowest BCUT2D eigenvalue weighted by Gasteiger charge is -2.51. The van der Waals surface area contributed by atoms with E-state index in [1.165, 1.54) is 18.9 Å². The predicted molar refractivity (Wildman–Crippen MR) is 120 cm³/mol. The van der Waals surface area contributed by atoms with E-state index in [9.17, 15) is 9.59 Å². The summed E-state index contributed by atoms with van der Waals surface area (Å²) in [4.78, 5) is 28.5. The van der Waals surface area contributed by atoms with Crippen LogP contribution >= 0.6 is 0 Å². The molecule has 2 saturated carbocycles. The van der Waals surface area contributed by atoms with Crippen molar-refractivity contribution in [2.24, 2.45) is 29.1 Å². The number of nitrogens with zero attached hydrogens (tertiary/aromatic N) is 2. The van der Waals surface area contributed by atoms with Gasteiger partial charge in [0.15, 0.2) is 0 Å². The molecule has 7 unspecified atom stereocenters. The molecule has 2 fully saturated rings. The van der Waals surface area contributed by atoms with Gasteiger partial charge in [-0.1, -0.05) is 25.5 Å². The number of esters is 1. The van der Waals surface area contributed by atoms with Crippen molar-refractivity contribution in [2.45, 2.75) is 91.2 Å². The molecule has 0 amide bonds. The average molecular weight is 427 g/mol. The van der Waals surface area contributed by atoms with Crippen LogP contribution in [0.3, 0.4) is 0 Å². The topological polar surface area (TPSA) is 61.2 Å². The first-order valence-electron chi connectivity index (χ1n) is 12.1. The molecule has 0 aromatic carbocycles. The zero-order valence-corrected chi connectivity index (χ0v) is 19.5. The van der Waals surface area contributed by atoms with E-state index >= 15 is 0 Å². The van der Waals surface area contributed by atoms with Crippen LogP contribution < -0.4 is 0 Å². The molecule has 1 aromatic rings. The molecule has 3 aliphatic rings. The Kier molecular flexibility index (Phi) is 6.41. The van der Waals surface area contributed by atoms with Crippen LogP contribution in [0.25, 0.3) is 0 Å². The summed E-state index contributed by atoms with van der Waals surface area (Å²) in [6.07, 6.45) is 16.7. The third kappa shape index (κ3) is 4.38. The quantitative estimate of drug-likeness (QED) is 0.471. The molecular weight excluding hydrogens is 388 g/mol. The Hall–Kier alpha value is -1.91. The largest absolute Gasteiger partial charge is 0.462 e. The van der Waals surface area contributed by atoms with Crippen molar-refractivity contribution in [1.82, 2.24) is 9.55 Å². The fourth-order valence-electron chi connectivity index (χ4n) is 7.17. The number of imidazole rings is 1. The molecule has 0 N–H and O–H groups in total. The first-order chi connectivity index (χ1) is 14.8. The van der Waals surface area contributed by atoms with Crippen LogP contribution in [-0.4, -0.2) is 27.4 Å². The third-order valence-electron chi connectivity index (χ3n) is 8.72. The molecule has 0 saturated heterocycles. The van der Waals surface area contributed by atoms with E-state index < -0.39 is 0 Å². The van der Waals surface area contributed by atoms with Crippen LogP contribution in [0, 0.1) is 29.1 Å². The molecule has 1 aromatic heterocycles. The number of carbonyl (C=O) groups excluding carboxylic acids is 2. The number of ketones is 1. The van der Waals surface area contributed by atoms with Crippen LogP contribution in [0.2, 0.25) is 0 Å². The zero-order chi connectivity index (χ0) is 22.2. The van der Waals surface area contributed by atoms with Gasteiger partial charge in [0.25, 0.3) is 0 Å². The third-order valence-corrected chi connectivity index (χ3v) is 8.72. The molecule has 0 bridgehead atoms. The maximum Gasteiger partial charge on any atom is 0.302 e. The smallest absolute Gasteiger partial charge is 0.302 e. The number of rotatable bonds is 3. The van der Waals surface area contributed by atoms with Gasteiger partial charge in [-0.3, -0.25) is 9.59 Å². The highest BCUT2D eigenvalue weighted by Gasteiger charge is 2.48. The van der Waals surface area contributed by atoms with Gasteiger partial charge in [0, 0.05) is 37.7 Å². The summed E-state index contributed by atoms with van der Waals surface area (Å²) < 4.78 is 7.75. The summed E-state index contributed by atoms with van der Waals surface area (Å²) in [6.45, 7) is 8.02. The van der Waals surface area contributed by atoms with Gasteiger partial charge in [0.2, 0.25) is 0 Å². The maximum absolute atomic E-state index is 12.7. The van der Waals surface area contributed by atoms with Crippen LogP contribution in [0.1, 0.15) is 85.1 Å². The highest BCUT2D eigenvalue weighted by Crippen LogP contribution is 2.56. The molecule has 0 radical (unpaired) electrons. The maximum atomic E-state index is 12.7. The van der Waals surface area contributed by atoms with E-state index in [0.29, 0.717) is 23.5 Å². The normalized spacial score (nSPS) is 38.5. The molecule has 170 valence electrons. The number of hydrogen-bond donors (Lipinski definition) is 0. The van der Waals surface area contributed by atoms with E-state index in [-0.39, 0.29) is 29.4 Å². The van der Waals surface area contributed by atoms with Gasteiger partial charge < -0.3 is 9.30 Å². The van der Waals surface area contributed by atoms with Gasteiger partial charge in [0.1, 0.15) is 11.9 Å². The molecule has 31 heavy (non-hydrogen) atoms. The minimum atomic E-state index is -0.167. The number of fused-ring (bicyclic) bond motifs is 3. The zero-order valence-electron chi connectivity index (χ0n) is 19.5. The SMILES string of the molecule is CC(=O)OC1CCC2(C)C(=CCC3CCC(n4ccnc4)C(C(C)=O)C(C)CCC32)C1. The number of aromatic nitrogens is 2. The molecule has 1 heterocycles. The molecule has 7 atom stereocenters. The van der Waals surface area contributed by atoms with Crippen LogP contribution in [0.4, 0.5) is 0 Å². The van der Waals surface area contributed by atoms with E-state index in [2.05, 4.69) is 29.5 Å². The Labute approximate surface area is 186 Å². The Morgan fingerprint density at radius 3 is 2.65 bits per heavy atom. The number of allylic oxidation sites excluding steroid dienone is 1. The van der Waals surface area contributed by atoms with Crippen LogP contribution in [0.15, 0.2) is 30.4 Å². The fraction of sp³-hybridized carbons (Fsp3) is 0.731. The standard InChI is InChI=1S/C26H38N2O3/c1-17-5-9-23-20(7-10-24(25(17)18(2)29)28-14-13-27-16-28)6-8-21-15-22(31-19(3)30)11-12-26(21,23)4/h8,13-14,16-17,20,22-25H,5-7,9-12,15H2,1-4H3. The van der Waals surface area contributed by atoms with E-state index in [1.54, 1.807) is 6.92 Å². The van der Waals surface area contributed by atoms with Crippen molar-refractivity contribution >= 4 is 11.8 Å². The lowest BCUT2D eigenvalue weighted by molar-refractivity contribution is -0.148. The average Bonchev–Trinajstić information content (AvgIpc) is 3.24. The van der Waals surface area contributed by atoms with Gasteiger partial charge in [-0.15, -0.1) is 0 Å². The lowest BCUT2D eigenvalue weighted by Crippen LogP contribution is -2.43. The van der Waals surface area contributed by atoms with E-state index in [0.717, 1.165) is 44.9 Å². The van der Waals surface area contributed by atoms with Crippen molar-refractivity contribution in [2.75, 3.05) is 0 Å². The minimum Gasteiger partial charge on any atom is -0.462 e. The highest BCUT2D eigenvalue weighted by atomic mass is 16.5. The van der Waals surface area contributed by atoms with Crippen molar-refractivity contribution in [3.05, 3.63) is 30.4 Å². The number of carbonyl (C=O) groups is 2. The van der Waals surface area contributed by atoms with E-state index in [4.69, 9.17) is 4.74 Å². The van der Waals surface area contributed by atoms with Crippen molar-refractivity contribution < 1.29 is 14.3 Å². The van der Waals surface area contributed by atoms with E-state index in [1.807, 2.05) is 18.7 Å². The van der Waals surface area contributed by atoms with Gasteiger partial charge in [0.05, 0.1) is 6.33 Å². The Morgan fingerprint density at radius 1 is 1.16 bits per heavy atom. The summed E-state index contributed by atoms with van der Waals surface area (Å²) in [6, 6.07) is 0.201. The van der Waals surface area contributed by atoms with Crippen molar-refractivity contribution in [3.8, 4) is 0 Å². The highest BCUT2D eigenvalue weighted by molar-refractivity contribution is 5.79. The summed E-state index contributed by atoms with van der Waals surface area (Å²) in [5, 5.41) is 0. The monoisotopic (exact) mass is 426 g/mol. The molecular formula is C26H38N2O3. The summed E-state index contributed by atoms with van der Waals surface area (Å²) >= 11 is 0. The fourth-order valence-corrected chi connectivity index (χ4v) is 7.17. The first kappa shape index (κ1) is 22.3. The molecule has 4 rings (SSSR count). The second-order valence-corrected chi connectivity index (χ2v) is 10.6. The van der Waals surface area contributed by atoms with Crippen molar-refractivity contribution in [1.29, 1.82) is 0 Å². The second kappa shape index (κ2) is 8.91. The second-order valence-electron chi connectivity index (χ2n) is 10.6. The molecule has 0 aliphatic heterocycles. The number of ether oxygens (including phenoxy) is 1.